The van der Waals surface area contributed by atoms with E-state index in [1.54, 1.807) is 0 Å². The van der Waals surface area contributed by atoms with E-state index in [0.29, 0.717) is 5.41 Å². The Kier molecular flexibility index (Phi) is 2.26. The largest absolute Gasteiger partial charge is 0.384 e. The quantitative estimate of drug-likeness (QED) is 0.659. The molecule has 1 nitrogen and oxygen atoms in total. The molecule has 0 aromatic heterocycles. The molecule has 1 N–H and O–H groups in total. The van der Waals surface area contributed by atoms with E-state index < -0.39 is 0 Å². The molecule has 0 atom stereocenters. The highest BCUT2D eigenvalue weighted by atomic mass is 14.9. The molecule has 0 aliphatic carbocycles. The minimum absolute atomic E-state index is 0.424. The van der Waals surface area contributed by atoms with Crippen LogP contribution < -0.4 is 5.32 Å². The molecule has 0 spiro atoms. The van der Waals surface area contributed by atoms with Gasteiger partial charge in [-0.2, -0.15) is 0 Å². The number of fused-ring (bicyclic) bond motifs is 1. The lowest BCUT2D eigenvalue weighted by Gasteiger charge is -2.21. The first kappa shape index (κ1) is 9.57. The van der Waals surface area contributed by atoms with E-state index in [9.17, 15) is 0 Å². The molecule has 1 aromatic rings. The minimum Gasteiger partial charge on any atom is -0.384 e. The number of benzene rings is 1. The number of rotatable bonds is 0. The maximum absolute atomic E-state index is 3.54. The van der Waals surface area contributed by atoms with Crippen molar-refractivity contribution in [2.24, 2.45) is 5.41 Å². The van der Waals surface area contributed by atoms with Gasteiger partial charge in [0.25, 0.3) is 0 Å². The summed E-state index contributed by atoms with van der Waals surface area (Å²) in [5.74, 6) is 0. The summed E-state index contributed by atoms with van der Waals surface area (Å²) in [7, 11) is 0. The highest BCUT2D eigenvalue weighted by Gasteiger charge is 2.21. The third-order valence-electron chi connectivity index (χ3n) is 3.09. The van der Waals surface area contributed by atoms with Gasteiger partial charge in [0.1, 0.15) is 0 Å². The molecule has 2 rings (SSSR count). The summed E-state index contributed by atoms with van der Waals surface area (Å²) in [6.07, 6.45) is 2.48. The highest BCUT2D eigenvalue weighted by molar-refractivity contribution is 5.53. The second kappa shape index (κ2) is 3.30. The smallest absolute Gasteiger partial charge is 0.0373 e. The van der Waals surface area contributed by atoms with Crippen LogP contribution in [0.15, 0.2) is 18.2 Å². The van der Waals surface area contributed by atoms with E-state index in [1.807, 2.05) is 0 Å². The number of anilines is 1. The molecule has 1 aliphatic rings. The SMILES string of the molecule is Cc1ccc2c(c1)CCC(C)(C)CN2. The molecule has 0 amide bonds. The molecule has 1 aliphatic heterocycles. The number of aryl methyl sites for hydroxylation is 2. The van der Waals surface area contributed by atoms with Gasteiger partial charge in [-0.05, 0) is 36.8 Å². The molecule has 14 heavy (non-hydrogen) atoms. The predicted octanol–water partition coefficient (Wildman–Crippen LogP) is 3.38. The monoisotopic (exact) mass is 189 g/mol. The van der Waals surface area contributed by atoms with Gasteiger partial charge in [-0.3, -0.25) is 0 Å². The molecule has 1 aromatic carbocycles. The van der Waals surface area contributed by atoms with Crippen LogP contribution in [0.5, 0.6) is 0 Å². The third-order valence-corrected chi connectivity index (χ3v) is 3.09. The van der Waals surface area contributed by atoms with Gasteiger partial charge in [0.2, 0.25) is 0 Å². The first-order valence-electron chi connectivity index (χ1n) is 5.40. The van der Waals surface area contributed by atoms with Crippen molar-refractivity contribution >= 4 is 5.69 Å². The lowest BCUT2D eigenvalue weighted by Crippen LogP contribution is -2.21. The van der Waals surface area contributed by atoms with Crippen molar-refractivity contribution in [2.45, 2.75) is 33.6 Å². The molecule has 76 valence electrons. The molecule has 0 fully saturated rings. The van der Waals surface area contributed by atoms with Crippen LogP contribution >= 0.6 is 0 Å². The molecule has 0 bridgehead atoms. The fourth-order valence-electron chi connectivity index (χ4n) is 2.00. The first-order valence-corrected chi connectivity index (χ1v) is 5.40. The summed E-state index contributed by atoms with van der Waals surface area (Å²) in [6.45, 7) is 7.91. The molecular weight excluding hydrogens is 170 g/mol. The van der Waals surface area contributed by atoms with Crippen LogP contribution in [-0.2, 0) is 6.42 Å². The Morgan fingerprint density at radius 3 is 2.86 bits per heavy atom. The zero-order valence-corrected chi connectivity index (χ0v) is 9.35. The van der Waals surface area contributed by atoms with Crippen LogP contribution in [0.1, 0.15) is 31.4 Å². The zero-order chi connectivity index (χ0) is 10.2. The average molecular weight is 189 g/mol. The summed E-state index contributed by atoms with van der Waals surface area (Å²) in [5.41, 5.74) is 4.61. The van der Waals surface area contributed by atoms with Gasteiger partial charge in [0, 0.05) is 12.2 Å². The van der Waals surface area contributed by atoms with Gasteiger partial charge >= 0.3 is 0 Å². The maximum atomic E-state index is 3.54. The Morgan fingerprint density at radius 1 is 1.29 bits per heavy atom. The van der Waals surface area contributed by atoms with Gasteiger partial charge in [-0.25, -0.2) is 0 Å². The standard InChI is InChI=1S/C13H19N/c1-10-4-5-12-11(8-10)6-7-13(2,3)9-14-12/h4-5,8,14H,6-7,9H2,1-3H3. The van der Waals surface area contributed by atoms with E-state index in [1.165, 1.54) is 29.7 Å². The fraction of sp³-hybridized carbons (Fsp3) is 0.538. The van der Waals surface area contributed by atoms with Crippen molar-refractivity contribution in [1.29, 1.82) is 0 Å². The van der Waals surface area contributed by atoms with E-state index >= 15 is 0 Å². The topological polar surface area (TPSA) is 12.0 Å². The molecule has 0 saturated carbocycles. The van der Waals surface area contributed by atoms with Crippen LogP contribution in [0.25, 0.3) is 0 Å². The Bertz CT molecular complexity index is 339. The van der Waals surface area contributed by atoms with Crippen molar-refractivity contribution in [3.8, 4) is 0 Å². The van der Waals surface area contributed by atoms with Gasteiger partial charge in [-0.1, -0.05) is 31.5 Å². The Morgan fingerprint density at radius 2 is 2.07 bits per heavy atom. The Labute approximate surface area is 86.5 Å². The third kappa shape index (κ3) is 1.92. The van der Waals surface area contributed by atoms with E-state index in [2.05, 4.69) is 44.3 Å². The first-order chi connectivity index (χ1) is 6.57. The number of nitrogens with one attached hydrogen (secondary N) is 1. The van der Waals surface area contributed by atoms with Crippen LogP contribution in [0, 0.1) is 12.3 Å². The molecule has 0 radical (unpaired) electrons. The lowest BCUT2D eigenvalue weighted by molar-refractivity contribution is 0.365. The minimum atomic E-state index is 0.424. The van der Waals surface area contributed by atoms with Gasteiger partial charge in [-0.15, -0.1) is 0 Å². The summed E-state index contributed by atoms with van der Waals surface area (Å²) >= 11 is 0. The molecule has 0 unspecified atom stereocenters. The van der Waals surface area contributed by atoms with Crippen LogP contribution in [0.3, 0.4) is 0 Å². The van der Waals surface area contributed by atoms with Crippen molar-refractivity contribution in [2.75, 3.05) is 11.9 Å². The van der Waals surface area contributed by atoms with Crippen molar-refractivity contribution < 1.29 is 0 Å². The normalized spacial score (nSPS) is 19.4. The number of hydrogen-bond acceptors (Lipinski definition) is 1. The van der Waals surface area contributed by atoms with Crippen molar-refractivity contribution in [1.82, 2.24) is 0 Å². The van der Waals surface area contributed by atoms with Crippen LogP contribution in [0.2, 0.25) is 0 Å². The van der Waals surface area contributed by atoms with Crippen LogP contribution in [0.4, 0.5) is 5.69 Å². The second-order valence-corrected chi connectivity index (χ2v) is 5.18. The molecule has 1 heteroatoms. The molecule has 1 heterocycles. The maximum Gasteiger partial charge on any atom is 0.0373 e. The Balaban J connectivity index is 2.30. The van der Waals surface area contributed by atoms with Crippen LogP contribution in [-0.4, -0.2) is 6.54 Å². The summed E-state index contributed by atoms with van der Waals surface area (Å²) in [6, 6.07) is 6.71. The highest BCUT2D eigenvalue weighted by Crippen LogP contribution is 2.30. The number of hydrogen-bond donors (Lipinski definition) is 1. The predicted molar refractivity (Wildman–Crippen MR) is 61.8 cm³/mol. The lowest BCUT2D eigenvalue weighted by atomic mass is 9.87. The van der Waals surface area contributed by atoms with Crippen molar-refractivity contribution in [3.05, 3.63) is 29.3 Å². The summed E-state index contributed by atoms with van der Waals surface area (Å²) in [5, 5.41) is 3.54. The zero-order valence-electron chi connectivity index (χ0n) is 9.35. The van der Waals surface area contributed by atoms with Gasteiger partial charge in [0.15, 0.2) is 0 Å². The fourth-order valence-corrected chi connectivity index (χ4v) is 2.00. The van der Waals surface area contributed by atoms with E-state index in [0.717, 1.165) is 6.54 Å². The van der Waals surface area contributed by atoms with E-state index in [-0.39, 0.29) is 0 Å². The summed E-state index contributed by atoms with van der Waals surface area (Å²) in [4.78, 5) is 0. The van der Waals surface area contributed by atoms with E-state index in [4.69, 9.17) is 0 Å². The van der Waals surface area contributed by atoms with Gasteiger partial charge < -0.3 is 5.32 Å². The van der Waals surface area contributed by atoms with Crippen molar-refractivity contribution in [3.63, 3.8) is 0 Å². The van der Waals surface area contributed by atoms with Gasteiger partial charge in [0.05, 0.1) is 0 Å². The summed E-state index contributed by atoms with van der Waals surface area (Å²) < 4.78 is 0. The second-order valence-electron chi connectivity index (χ2n) is 5.18. The molecule has 0 saturated heterocycles. The Hall–Kier alpha value is -0.980. The molecular formula is C13H19N. The average Bonchev–Trinajstić information content (AvgIpc) is 2.26.